The molecular weight excluding hydrogens is 873 g/mol. The topological polar surface area (TPSA) is 105 Å². The average molecular weight is 935 g/mol. The number of aryl methyl sites for hydroxylation is 4. The minimum Gasteiger partial charge on any atom is -0.423 e. The lowest BCUT2D eigenvalue weighted by Crippen LogP contribution is -2.14. The van der Waals surface area contributed by atoms with Crippen LogP contribution in [-0.4, -0.2) is 23.9 Å². The van der Waals surface area contributed by atoms with Crippen LogP contribution in [0.3, 0.4) is 0 Å². The van der Waals surface area contributed by atoms with Gasteiger partial charge < -0.3 is 18.9 Å². The minimum absolute atomic E-state index is 0.173. The number of ether oxygens (including phenoxy) is 4. The van der Waals surface area contributed by atoms with Crippen molar-refractivity contribution in [3.63, 3.8) is 0 Å². The summed E-state index contributed by atoms with van der Waals surface area (Å²) in [6.45, 7) is 8.23. The van der Waals surface area contributed by atoms with Crippen molar-refractivity contribution in [2.75, 3.05) is 0 Å². The molecule has 0 saturated carbocycles. The van der Waals surface area contributed by atoms with Crippen molar-refractivity contribution in [1.29, 1.82) is 0 Å². The molecule has 0 heterocycles. The van der Waals surface area contributed by atoms with E-state index in [2.05, 4.69) is 62.4 Å². The molecule has 0 saturated heterocycles. The van der Waals surface area contributed by atoms with Gasteiger partial charge in [-0.05, 0) is 156 Å². The Balaban J connectivity index is 0.912. The number of unbranched alkanes of at least 4 members (excludes halogenated alkanes) is 6. The van der Waals surface area contributed by atoms with E-state index in [0.717, 1.165) is 35.1 Å². The molecule has 0 unspecified atom stereocenters. The largest absolute Gasteiger partial charge is 0.423 e. The zero-order chi connectivity index (χ0) is 49.2. The molecule has 0 aromatic heterocycles. The summed E-state index contributed by atoms with van der Waals surface area (Å²) in [5.41, 5.74) is 9.52. The molecular formula is C62H62O8. The summed E-state index contributed by atoms with van der Waals surface area (Å²) in [4.78, 5) is 53.3. The Morgan fingerprint density at radius 3 is 1.04 bits per heavy atom. The Labute approximate surface area is 412 Å². The van der Waals surface area contributed by atoms with E-state index in [1.54, 1.807) is 78.9 Å². The van der Waals surface area contributed by atoms with E-state index in [1.165, 1.54) is 68.6 Å². The highest BCUT2D eigenvalue weighted by atomic mass is 16.6. The first-order chi connectivity index (χ1) is 34.1. The van der Waals surface area contributed by atoms with Crippen LogP contribution >= 0.6 is 0 Å². The van der Waals surface area contributed by atoms with Crippen molar-refractivity contribution in [3.8, 4) is 45.3 Å². The lowest BCUT2D eigenvalue weighted by atomic mass is 10.0. The summed E-state index contributed by atoms with van der Waals surface area (Å²) in [7, 11) is 0. The highest BCUT2D eigenvalue weighted by Crippen LogP contribution is 2.28. The molecule has 358 valence electrons. The first-order valence-electron chi connectivity index (χ1n) is 24.8. The van der Waals surface area contributed by atoms with Crippen LogP contribution in [0.25, 0.3) is 22.3 Å². The summed E-state index contributed by atoms with van der Waals surface area (Å²) in [6.07, 6.45) is 13.0. The van der Waals surface area contributed by atoms with E-state index < -0.39 is 23.9 Å². The van der Waals surface area contributed by atoms with Gasteiger partial charge in [0.25, 0.3) is 0 Å². The third kappa shape index (κ3) is 13.8. The van der Waals surface area contributed by atoms with Crippen LogP contribution in [0.15, 0.2) is 158 Å². The Morgan fingerprint density at radius 1 is 0.343 bits per heavy atom. The van der Waals surface area contributed by atoms with Crippen molar-refractivity contribution in [1.82, 2.24) is 0 Å². The second-order valence-corrected chi connectivity index (χ2v) is 17.5. The summed E-state index contributed by atoms with van der Waals surface area (Å²) in [6, 6.07) is 47.7. The maximum atomic E-state index is 13.5. The maximum absolute atomic E-state index is 13.5. The minimum atomic E-state index is -0.620. The Kier molecular flexibility index (Phi) is 18.1. The predicted molar refractivity (Wildman–Crippen MR) is 277 cm³/mol. The molecule has 0 aliphatic carbocycles. The summed E-state index contributed by atoms with van der Waals surface area (Å²) < 4.78 is 22.9. The van der Waals surface area contributed by atoms with E-state index in [0.29, 0.717) is 57.7 Å². The number of hydrogen-bond acceptors (Lipinski definition) is 8. The molecule has 7 aromatic carbocycles. The van der Waals surface area contributed by atoms with Gasteiger partial charge in [-0.25, -0.2) is 19.2 Å². The van der Waals surface area contributed by atoms with Gasteiger partial charge in [-0.2, -0.15) is 0 Å². The maximum Gasteiger partial charge on any atom is 0.343 e. The molecule has 0 aliphatic heterocycles. The molecule has 7 rings (SSSR count). The summed E-state index contributed by atoms with van der Waals surface area (Å²) in [5.74, 6) is -1.30. The van der Waals surface area contributed by atoms with E-state index in [1.807, 2.05) is 38.1 Å². The number of benzene rings is 7. The quantitative estimate of drug-likeness (QED) is 0.0376. The number of carbonyl (C=O) groups excluding carboxylic acids is 4. The molecule has 0 aliphatic rings. The van der Waals surface area contributed by atoms with Gasteiger partial charge in [-0.1, -0.05) is 145 Å². The normalized spacial score (nSPS) is 10.9. The second kappa shape index (κ2) is 25.2. The molecule has 0 fully saturated rings. The fraction of sp³-hybridized carbons (Fsp3) is 0.258. The molecule has 0 N–H and O–H groups in total. The predicted octanol–water partition coefficient (Wildman–Crippen LogP) is 15.3. The highest BCUT2D eigenvalue weighted by molar-refractivity contribution is 5.95. The standard InChI is InChI=1S/C62H62O8/c1-5-9-11-13-16-43-20-24-47(25-21-43)49-28-32-51(33-29-49)59(63)67-55-36-38-57(45(7-3)40-55)61(65)69-53-18-15-19-54(42-53)70-62(66)58-39-37-56(41-46(58)8-4)68-60(64)52-34-30-50(31-35-52)48-26-22-44(23-27-48)17-14-12-10-6-2/h15,18-42H,5-14,16-17H2,1-4H3. The monoisotopic (exact) mass is 934 g/mol. The molecule has 0 spiro atoms. The van der Waals surface area contributed by atoms with Crippen molar-refractivity contribution in [3.05, 3.63) is 202 Å². The van der Waals surface area contributed by atoms with Crippen LogP contribution in [0, 0.1) is 0 Å². The molecule has 7 aromatic rings. The summed E-state index contributed by atoms with van der Waals surface area (Å²) in [5, 5.41) is 0. The lowest BCUT2D eigenvalue weighted by molar-refractivity contribution is 0.0722. The average Bonchev–Trinajstić information content (AvgIpc) is 3.39. The van der Waals surface area contributed by atoms with Crippen molar-refractivity contribution in [2.45, 2.75) is 105 Å². The Morgan fingerprint density at radius 2 is 0.686 bits per heavy atom. The van der Waals surface area contributed by atoms with Gasteiger partial charge in [0, 0.05) is 6.07 Å². The lowest BCUT2D eigenvalue weighted by Gasteiger charge is -2.13. The molecule has 70 heavy (non-hydrogen) atoms. The van der Waals surface area contributed by atoms with E-state index in [-0.39, 0.29) is 11.5 Å². The molecule has 0 atom stereocenters. The Bertz CT molecular complexity index is 2670. The summed E-state index contributed by atoms with van der Waals surface area (Å²) >= 11 is 0. The van der Waals surface area contributed by atoms with Crippen molar-refractivity contribution in [2.24, 2.45) is 0 Å². The highest BCUT2D eigenvalue weighted by Gasteiger charge is 2.19. The van der Waals surface area contributed by atoms with Gasteiger partial charge in [-0.3, -0.25) is 0 Å². The van der Waals surface area contributed by atoms with Crippen LogP contribution < -0.4 is 18.9 Å². The molecule has 0 radical (unpaired) electrons. The van der Waals surface area contributed by atoms with E-state index >= 15 is 0 Å². The van der Waals surface area contributed by atoms with Crippen LogP contribution in [0.4, 0.5) is 0 Å². The fourth-order valence-corrected chi connectivity index (χ4v) is 8.34. The number of hydrogen-bond donors (Lipinski definition) is 0. The van der Waals surface area contributed by atoms with Crippen LogP contribution in [0.2, 0.25) is 0 Å². The second-order valence-electron chi connectivity index (χ2n) is 17.5. The SMILES string of the molecule is CCCCCCc1ccc(-c2ccc(C(=O)Oc3ccc(C(=O)Oc4cccc(OC(=O)c5ccc(OC(=O)c6ccc(-c7ccc(CCCCCC)cc7)cc6)cc5CC)c4)c(CC)c3)cc2)cc1. The Hall–Kier alpha value is -7.58. The zero-order valence-electron chi connectivity index (χ0n) is 40.8. The van der Waals surface area contributed by atoms with Crippen molar-refractivity contribution < 1.29 is 38.1 Å². The van der Waals surface area contributed by atoms with Crippen molar-refractivity contribution >= 4 is 23.9 Å². The van der Waals surface area contributed by atoms with Gasteiger partial charge >= 0.3 is 23.9 Å². The number of rotatable bonds is 22. The smallest absolute Gasteiger partial charge is 0.343 e. The molecule has 8 nitrogen and oxygen atoms in total. The van der Waals surface area contributed by atoms with E-state index in [4.69, 9.17) is 18.9 Å². The third-order valence-corrected chi connectivity index (χ3v) is 12.5. The number of carbonyl (C=O) groups is 4. The van der Waals surface area contributed by atoms with Gasteiger partial charge in [0.05, 0.1) is 22.3 Å². The molecule has 0 bridgehead atoms. The molecule has 8 heteroatoms. The van der Waals surface area contributed by atoms with Gasteiger partial charge in [0.1, 0.15) is 23.0 Å². The third-order valence-electron chi connectivity index (χ3n) is 12.5. The van der Waals surface area contributed by atoms with Gasteiger partial charge in [-0.15, -0.1) is 0 Å². The first kappa shape index (κ1) is 50.3. The van der Waals surface area contributed by atoms with Crippen LogP contribution in [0.5, 0.6) is 23.0 Å². The molecule has 0 amide bonds. The van der Waals surface area contributed by atoms with Gasteiger partial charge in [0.15, 0.2) is 0 Å². The zero-order valence-corrected chi connectivity index (χ0v) is 40.8. The van der Waals surface area contributed by atoms with Crippen LogP contribution in [-0.2, 0) is 25.7 Å². The van der Waals surface area contributed by atoms with Gasteiger partial charge in [0.2, 0.25) is 0 Å². The fourth-order valence-electron chi connectivity index (χ4n) is 8.34. The first-order valence-corrected chi connectivity index (χ1v) is 24.8. The van der Waals surface area contributed by atoms with Crippen LogP contribution in [0.1, 0.15) is 143 Å². The van der Waals surface area contributed by atoms with E-state index in [9.17, 15) is 19.2 Å². The number of esters is 4.